The standard InChI is InChI=1S/C45H33N5S/c1-4-16-28(17-5-1)43-46-44(29-18-6-2-7-19-29)48-45(47-43)50-35-26-14-11-23-32(35)39-40-37(38-33-24-12-15-27-36(33)51-42(38)41(39)50)31-22-10-13-25-34(31)49(40)30-20-8-3-9-21-30/h1-9,11-21,23-27,33,36,45H,10,22H2,(H,46,47,48). The minimum Gasteiger partial charge on any atom is -0.324 e. The molecule has 4 heterocycles. The molecule has 0 spiro atoms. The Kier molecular flexibility index (Phi) is 6.43. The first kappa shape index (κ1) is 28.9. The van der Waals surface area contributed by atoms with E-state index in [9.17, 15) is 0 Å². The number of rotatable bonds is 4. The first-order chi connectivity index (χ1) is 25.3. The summed E-state index contributed by atoms with van der Waals surface area (Å²) in [5.41, 5.74) is 11.1. The summed E-state index contributed by atoms with van der Waals surface area (Å²) >= 11 is 2.01. The van der Waals surface area contributed by atoms with E-state index < -0.39 is 6.29 Å². The Morgan fingerprint density at radius 2 is 1.35 bits per heavy atom. The Morgan fingerprint density at radius 3 is 2.10 bits per heavy atom. The maximum Gasteiger partial charge on any atom is 0.225 e. The van der Waals surface area contributed by atoms with Crippen molar-refractivity contribution in [3.05, 3.63) is 174 Å². The number of nitrogens with one attached hydrogen (secondary N) is 1. The van der Waals surface area contributed by atoms with Crippen LogP contribution < -0.4 is 5.32 Å². The Balaban J connectivity index is 1.31. The van der Waals surface area contributed by atoms with Crippen molar-refractivity contribution in [1.82, 2.24) is 14.5 Å². The monoisotopic (exact) mass is 675 g/mol. The van der Waals surface area contributed by atoms with E-state index in [4.69, 9.17) is 9.98 Å². The second-order valence-electron chi connectivity index (χ2n) is 13.6. The minimum atomic E-state index is -0.524. The molecule has 0 fully saturated rings. The van der Waals surface area contributed by atoms with Gasteiger partial charge in [0.15, 0.2) is 0 Å². The normalized spacial score (nSPS) is 19.2. The molecule has 0 radical (unpaired) electrons. The molecule has 244 valence electrons. The third-order valence-corrected chi connectivity index (χ3v) is 12.1. The van der Waals surface area contributed by atoms with Gasteiger partial charge >= 0.3 is 0 Å². The van der Waals surface area contributed by atoms with Crippen molar-refractivity contribution in [3.8, 4) is 5.69 Å². The Hall–Kier alpha value is -5.85. The number of hydrogen-bond acceptors (Lipinski definition) is 4. The number of benzene rings is 5. The summed E-state index contributed by atoms with van der Waals surface area (Å²) in [6.45, 7) is 0. The fourth-order valence-corrected chi connectivity index (χ4v) is 10.1. The fraction of sp³-hybridized carbons (Fsp3) is 0.111. The van der Waals surface area contributed by atoms with E-state index in [1.165, 1.54) is 54.6 Å². The molecule has 0 amide bonds. The smallest absolute Gasteiger partial charge is 0.225 e. The second-order valence-corrected chi connectivity index (χ2v) is 14.8. The van der Waals surface area contributed by atoms with Crippen LogP contribution in [0.25, 0.3) is 44.5 Å². The molecule has 2 aromatic heterocycles. The summed E-state index contributed by atoms with van der Waals surface area (Å²) in [5, 5.41) is 7.87. The van der Waals surface area contributed by atoms with Gasteiger partial charge in [0.1, 0.15) is 11.7 Å². The first-order valence-electron chi connectivity index (χ1n) is 17.8. The Bertz CT molecular complexity index is 2640. The van der Waals surface area contributed by atoms with E-state index >= 15 is 0 Å². The molecule has 5 nitrogen and oxygen atoms in total. The average Bonchev–Trinajstić information content (AvgIpc) is 3.87. The highest BCUT2D eigenvalue weighted by molar-refractivity contribution is 8.00. The quantitative estimate of drug-likeness (QED) is 0.202. The molecule has 2 aliphatic carbocycles. The molecular weight excluding hydrogens is 643 g/mol. The van der Waals surface area contributed by atoms with Crippen molar-refractivity contribution in [2.75, 3.05) is 0 Å². The predicted molar refractivity (Wildman–Crippen MR) is 212 cm³/mol. The van der Waals surface area contributed by atoms with Crippen molar-refractivity contribution in [2.45, 2.75) is 35.2 Å². The zero-order chi connectivity index (χ0) is 33.5. The third-order valence-electron chi connectivity index (χ3n) is 10.8. The van der Waals surface area contributed by atoms with Gasteiger partial charge in [-0.1, -0.05) is 127 Å². The number of aliphatic imine (C=N–C) groups is 2. The lowest BCUT2D eigenvalue weighted by Crippen LogP contribution is -2.36. The maximum atomic E-state index is 5.44. The van der Waals surface area contributed by atoms with E-state index in [1.54, 1.807) is 0 Å². The number of aryl methyl sites for hydroxylation is 1. The lowest BCUT2D eigenvalue weighted by atomic mass is 9.86. The molecule has 4 aliphatic rings. The van der Waals surface area contributed by atoms with Crippen molar-refractivity contribution in [3.63, 3.8) is 0 Å². The number of hydrogen-bond donors (Lipinski definition) is 1. The largest absolute Gasteiger partial charge is 0.324 e. The fourth-order valence-electron chi connectivity index (χ4n) is 8.64. The zero-order valence-corrected chi connectivity index (χ0v) is 28.6. The van der Waals surface area contributed by atoms with Gasteiger partial charge in [-0.3, -0.25) is 4.57 Å². The van der Waals surface area contributed by atoms with Crippen LogP contribution in [0.15, 0.2) is 161 Å². The van der Waals surface area contributed by atoms with Gasteiger partial charge in [0, 0.05) is 54.7 Å². The molecule has 2 atom stereocenters. The van der Waals surface area contributed by atoms with Crippen LogP contribution in [0.4, 0.5) is 0 Å². The summed E-state index contributed by atoms with van der Waals surface area (Å²) in [4.78, 5) is 12.2. The average molecular weight is 676 g/mol. The van der Waals surface area contributed by atoms with Gasteiger partial charge < -0.3 is 9.88 Å². The van der Waals surface area contributed by atoms with Crippen LogP contribution in [0.3, 0.4) is 0 Å². The molecule has 6 heteroatoms. The molecule has 0 saturated heterocycles. The molecule has 0 bridgehead atoms. The molecule has 0 saturated carbocycles. The number of allylic oxidation sites excluding steroid dienone is 4. The van der Waals surface area contributed by atoms with E-state index in [1.807, 2.05) is 23.9 Å². The van der Waals surface area contributed by atoms with Gasteiger partial charge in [0.2, 0.25) is 6.29 Å². The SMILES string of the molecule is C1=CC2Sc3c(c4c5c(n(-c6ccccc6)c4c4c6ccccc6n(C6N=C(c7ccccc7)NC(c7ccccc7)=N6)c34)C=CCC5)C2C=C1. The highest BCUT2D eigenvalue weighted by atomic mass is 32.2. The molecule has 2 unspecified atom stereocenters. The predicted octanol–water partition coefficient (Wildman–Crippen LogP) is 10.3. The number of aromatic nitrogens is 2. The number of amidine groups is 2. The summed E-state index contributed by atoms with van der Waals surface area (Å²) in [7, 11) is 0. The van der Waals surface area contributed by atoms with Gasteiger partial charge in [0.25, 0.3) is 0 Å². The molecule has 2 aliphatic heterocycles. The van der Waals surface area contributed by atoms with Gasteiger partial charge in [-0.2, -0.15) is 0 Å². The van der Waals surface area contributed by atoms with Crippen LogP contribution in [0, 0.1) is 0 Å². The van der Waals surface area contributed by atoms with Crippen LogP contribution in [0.1, 0.15) is 46.6 Å². The van der Waals surface area contributed by atoms with Gasteiger partial charge in [-0.05, 0) is 48.2 Å². The summed E-state index contributed by atoms with van der Waals surface area (Å²) in [6.07, 6.45) is 15.5. The zero-order valence-electron chi connectivity index (χ0n) is 27.8. The second kappa shape index (κ2) is 11.3. The molecule has 11 rings (SSSR count). The minimum absolute atomic E-state index is 0.287. The van der Waals surface area contributed by atoms with Crippen LogP contribution in [-0.2, 0) is 6.42 Å². The topological polar surface area (TPSA) is 46.6 Å². The van der Waals surface area contributed by atoms with Gasteiger partial charge in [-0.15, -0.1) is 11.8 Å². The third kappa shape index (κ3) is 4.29. The molecule has 5 aromatic carbocycles. The van der Waals surface area contributed by atoms with E-state index in [2.05, 4.69) is 154 Å². The molecule has 7 aromatic rings. The maximum absolute atomic E-state index is 5.44. The summed E-state index contributed by atoms with van der Waals surface area (Å²) < 4.78 is 4.98. The number of thioether (sulfide) groups is 1. The summed E-state index contributed by atoms with van der Waals surface area (Å²) in [5.74, 6) is 1.92. The lowest BCUT2D eigenvalue weighted by molar-refractivity contribution is 0.573. The van der Waals surface area contributed by atoms with Gasteiger partial charge in [0.05, 0.1) is 16.6 Å². The molecule has 51 heavy (non-hydrogen) atoms. The highest BCUT2D eigenvalue weighted by Crippen LogP contribution is 2.58. The van der Waals surface area contributed by atoms with Crippen LogP contribution in [0.5, 0.6) is 0 Å². The number of nitrogens with zero attached hydrogens (tertiary/aromatic N) is 4. The molecule has 1 N–H and O–H groups in total. The Morgan fingerprint density at radius 1 is 0.686 bits per heavy atom. The van der Waals surface area contributed by atoms with Crippen LogP contribution in [-0.4, -0.2) is 26.1 Å². The van der Waals surface area contributed by atoms with Crippen LogP contribution >= 0.6 is 11.8 Å². The Labute approximate surface area is 300 Å². The van der Waals surface area contributed by atoms with Crippen molar-refractivity contribution in [1.29, 1.82) is 0 Å². The first-order valence-corrected chi connectivity index (χ1v) is 18.6. The number of fused-ring (bicyclic) bond motifs is 12. The van der Waals surface area contributed by atoms with Gasteiger partial charge in [-0.25, -0.2) is 9.98 Å². The molecular formula is C45H33N5S. The van der Waals surface area contributed by atoms with Crippen LogP contribution in [0.2, 0.25) is 0 Å². The lowest BCUT2D eigenvalue weighted by Gasteiger charge is -2.24. The summed E-state index contributed by atoms with van der Waals surface area (Å²) in [6, 6.07) is 40.7. The van der Waals surface area contributed by atoms with E-state index in [0.29, 0.717) is 5.25 Å². The van der Waals surface area contributed by atoms with Crippen molar-refractivity contribution >= 4 is 62.2 Å². The van der Waals surface area contributed by atoms with Crippen molar-refractivity contribution in [2.24, 2.45) is 9.98 Å². The van der Waals surface area contributed by atoms with E-state index in [-0.39, 0.29) is 5.92 Å². The van der Waals surface area contributed by atoms with Crippen molar-refractivity contribution < 1.29 is 0 Å². The van der Waals surface area contributed by atoms with E-state index in [0.717, 1.165) is 41.2 Å². The number of para-hydroxylation sites is 2. The highest BCUT2D eigenvalue weighted by Gasteiger charge is 2.40.